The number of carbonyl (C=O) groups excluding carboxylic acids is 4. The van der Waals surface area contributed by atoms with Crippen molar-refractivity contribution in [3.63, 3.8) is 0 Å². The van der Waals surface area contributed by atoms with Crippen LogP contribution in [0.15, 0.2) is 18.2 Å². The molecule has 0 aromatic heterocycles. The summed E-state index contributed by atoms with van der Waals surface area (Å²) in [6, 6.07) is 4.67. The van der Waals surface area contributed by atoms with Crippen molar-refractivity contribution in [2.24, 2.45) is 0 Å². The topological polar surface area (TPSA) is 98.8 Å². The lowest BCUT2D eigenvalue weighted by Crippen LogP contribution is -2.54. The molecule has 2 fully saturated rings. The number of rotatable bonds is 2. The van der Waals surface area contributed by atoms with Gasteiger partial charge in [-0.25, -0.2) is 0 Å². The average Bonchev–Trinajstić information content (AvgIpc) is 2.78. The minimum Gasteiger partial charge on any atom is -0.367 e. The van der Waals surface area contributed by atoms with Crippen molar-refractivity contribution in [3.05, 3.63) is 29.3 Å². The Hall–Kier alpha value is -2.74. The highest BCUT2D eigenvalue weighted by molar-refractivity contribution is 6.23. The van der Waals surface area contributed by atoms with Gasteiger partial charge in [0.25, 0.3) is 11.8 Å². The molecule has 3 aliphatic rings. The van der Waals surface area contributed by atoms with Gasteiger partial charge < -0.3 is 10.2 Å². The number of benzene rings is 1. The molecule has 1 aromatic rings. The Morgan fingerprint density at radius 1 is 1.00 bits per heavy atom. The average molecular weight is 370 g/mol. The van der Waals surface area contributed by atoms with Gasteiger partial charge in [0.05, 0.1) is 11.1 Å². The number of carbonyl (C=O) groups is 4. The van der Waals surface area contributed by atoms with Gasteiger partial charge in [0.2, 0.25) is 11.8 Å². The Morgan fingerprint density at radius 2 is 1.78 bits per heavy atom. The molecule has 0 radical (unpaired) electrons. The summed E-state index contributed by atoms with van der Waals surface area (Å²) in [7, 11) is 0. The summed E-state index contributed by atoms with van der Waals surface area (Å²) >= 11 is 0. The van der Waals surface area contributed by atoms with Crippen molar-refractivity contribution >= 4 is 29.3 Å². The highest BCUT2D eigenvalue weighted by atomic mass is 16.2. The molecule has 3 aliphatic heterocycles. The zero-order valence-electron chi connectivity index (χ0n) is 15.2. The van der Waals surface area contributed by atoms with Crippen LogP contribution in [0.2, 0.25) is 0 Å². The van der Waals surface area contributed by atoms with Crippen molar-refractivity contribution < 1.29 is 19.2 Å². The van der Waals surface area contributed by atoms with Crippen LogP contribution in [0.3, 0.4) is 0 Å². The monoisotopic (exact) mass is 370 g/mol. The zero-order chi connectivity index (χ0) is 19.1. The Balaban J connectivity index is 1.63. The summed E-state index contributed by atoms with van der Waals surface area (Å²) in [6.45, 7) is 4.77. The number of nitrogens with one attached hydrogen (secondary N) is 2. The second kappa shape index (κ2) is 6.77. The predicted octanol–water partition coefficient (Wildman–Crippen LogP) is 0.276. The molecule has 8 heteroatoms. The molecule has 2 N–H and O–H groups in total. The maximum absolute atomic E-state index is 12.9. The fourth-order valence-electron chi connectivity index (χ4n) is 4.03. The first-order valence-corrected chi connectivity index (χ1v) is 9.30. The minimum atomic E-state index is -0.931. The summed E-state index contributed by atoms with van der Waals surface area (Å²) < 4.78 is 0. The van der Waals surface area contributed by atoms with E-state index in [4.69, 9.17) is 0 Å². The summed E-state index contributed by atoms with van der Waals surface area (Å²) in [5.41, 5.74) is 1.54. The van der Waals surface area contributed by atoms with Gasteiger partial charge in [0, 0.05) is 31.2 Å². The molecule has 2 saturated heterocycles. The van der Waals surface area contributed by atoms with Gasteiger partial charge in [-0.3, -0.25) is 29.4 Å². The highest BCUT2D eigenvalue weighted by Crippen LogP contribution is 2.31. The third-order valence-corrected chi connectivity index (χ3v) is 5.56. The Bertz CT molecular complexity index is 837. The SMILES string of the molecule is CC1CCNCCN1c1ccc2c(c1)C(=O)N(C1CCC(=O)NC1=O)C2=O. The Kier molecular flexibility index (Phi) is 4.43. The second-order valence-corrected chi connectivity index (χ2v) is 7.26. The van der Waals surface area contributed by atoms with E-state index >= 15 is 0 Å². The van der Waals surface area contributed by atoms with E-state index in [0.717, 1.165) is 36.6 Å². The van der Waals surface area contributed by atoms with Gasteiger partial charge in [-0.1, -0.05) is 0 Å². The summed E-state index contributed by atoms with van der Waals surface area (Å²) in [6.07, 6.45) is 1.28. The number of imide groups is 2. The molecule has 1 aromatic carbocycles. The third-order valence-electron chi connectivity index (χ3n) is 5.56. The molecule has 4 amide bonds. The van der Waals surface area contributed by atoms with Crippen LogP contribution in [-0.2, 0) is 9.59 Å². The van der Waals surface area contributed by atoms with Crippen LogP contribution in [0, 0.1) is 0 Å². The molecule has 4 rings (SSSR count). The quantitative estimate of drug-likeness (QED) is 0.726. The lowest BCUT2D eigenvalue weighted by atomic mass is 10.0. The maximum atomic E-state index is 12.9. The third kappa shape index (κ3) is 2.99. The van der Waals surface area contributed by atoms with Crippen molar-refractivity contribution in [3.8, 4) is 0 Å². The first-order valence-electron chi connectivity index (χ1n) is 9.30. The summed E-state index contributed by atoms with van der Waals surface area (Å²) in [4.78, 5) is 52.4. The molecule has 8 nitrogen and oxygen atoms in total. The summed E-state index contributed by atoms with van der Waals surface area (Å²) in [5.74, 6) is -1.90. The van der Waals surface area contributed by atoms with Gasteiger partial charge in [-0.05, 0) is 44.5 Å². The normalized spacial score (nSPS) is 26.1. The molecular formula is C19H22N4O4. The van der Waals surface area contributed by atoms with Crippen molar-refractivity contribution in [2.45, 2.75) is 38.3 Å². The largest absolute Gasteiger partial charge is 0.367 e. The molecule has 2 atom stereocenters. The van der Waals surface area contributed by atoms with Gasteiger partial charge >= 0.3 is 0 Å². The molecule has 0 spiro atoms. The molecule has 3 heterocycles. The fourth-order valence-corrected chi connectivity index (χ4v) is 4.03. The smallest absolute Gasteiger partial charge is 0.262 e. The minimum absolute atomic E-state index is 0.118. The first kappa shape index (κ1) is 17.7. The van der Waals surface area contributed by atoms with Gasteiger partial charge in [0.15, 0.2) is 0 Å². The van der Waals surface area contributed by atoms with Crippen LogP contribution in [0.4, 0.5) is 5.69 Å². The van der Waals surface area contributed by atoms with E-state index < -0.39 is 23.8 Å². The molecule has 27 heavy (non-hydrogen) atoms. The molecule has 142 valence electrons. The van der Waals surface area contributed by atoms with Crippen molar-refractivity contribution in [2.75, 3.05) is 24.5 Å². The van der Waals surface area contributed by atoms with Crippen LogP contribution >= 0.6 is 0 Å². The van der Waals surface area contributed by atoms with E-state index in [2.05, 4.69) is 22.5 Å². The molecule has 2 unspecified atom stereocenters. The van der Waals surface area contributed by atoms with Gasteiger partial charge in [-0.2, -0.15) is 0 Å². The molecule has 0 aliphatic carbocycles. The van der Waals surface area contributed by atoms with Crippen LogP contribution in [0.1, 0.15) is 46.9 Å². The zero-order valence-corrected chi connectivity index (χ0v) is 15.2. The summed E-state index contributed by atoms with van der Waals surface area (Å²) in [5, 5.41) is 5.57. The lowest BCUT2D eigenvalue weighted by molar-refractivity contribution is -0.136. The number of hydrogen-bond donors (Lipinski definition) is 2. The van der Waals surface area contributed by atoms with Crippen LogP contribution in [0.25, 0.3) is 0 Å². The number of hydrogen-bond acceptors (Lipinski definition) is 6. The van der Waals surface area contributed by atoms with Crippen molar-refractivity contribution in [1.82, 2.24) is 15.5 Å². The number of amides is 4. The van der Waals surface area contributed by atoms with Crippen LogP contribution in [0.5, 0.6) is 0 Å². The Morgan fingerprint density at radius 3 is 2.56 bits per heavy atom. The van der Waals surface area contributed by atoms with Gasteiger partial charge in [0.1, 0.15) is 6.04 Å². The second-order valence-electron chi connectivity index (χ2n) is 7.26. The van der Waals surface area contributed by atoms with E-state index in [-0.39, 0.29) is 18.7 Å². The molecular weight excluding hydrogens is 348 g/mol. The standard InChI is InChI=1S/C19H22N4O4/c1-11-6-7-20-8-9-22(11)12-2-3-13-14(10-12)19(27)23(18(13)26)15-4-5-16(24)21-17(15)25/h2-3,10-11,15,20H,4-9H2,1H3,(H,21,24,25). The molecule has 0 bridgehead atoms. The van der Waals surface area contributed by atoms with E-state index in [1.165, 1.54) is 0 Å². The van der Waals surface area contributed by atoms with Gasteiger partial charge in [-0.15, -0.1) is 0 Å². The van der Waals surface area contributed by atoms with Crippen LogP contribution in [-0.4, -0.2) is 60.2 Å². The van der Waals surface area contributed by atoms with Crippen molar-refractivity contribution in [1.29, 1.82) is 0 Å². The number of piperidine rings is 1. The van der Waals surface area contributed by atoms with E-state index in [1.54, 1.807) is 12.1 Å². The Labute approximate surface area is 156 Å². The fraction of sp³-hybridized carbons (Fsp3) is 0.474. The predicted molar refractivity (Wildman–Crippen MR) is 97.4 cm³/mol. The first-order chi connectivity index (χ1) is 13.0. The van der Waals surface area contributed by atoms with E-state index in [9.17, 15) is 19.2 Å². The number of fused-ring (bicyclic) bond motifs is 1. The number of anilines is 1. The van der Waals surface area contributed by atoms with E-state index in [1.807, 2.05) is 6.07 Å². The molecule has 0 saturated carbocycles. The highest BCUT2D eigenvalue weighted by Gasteiger charge is 2.44. The van der Waals surface area contributed by atoms with Crippen LogP contribution < -0.4 is 15.5 Å². The number of nitrogens with zero attached hydrogens (tertiary/aromatic N) is 2. The lowest BCUT2D eigenvalue weighted by Gasteiger charge is -2.29. The van der Waals surface area contributed by atoms with E-state index in [0.29, 0.717) is 17.2 Å². The maximum Gasteiger partial charge on any atom is 0.262 e.